The molecule has 0 aliphatic carbocycles. The van der Waals surface area contributed by atoms with Crippen molar-refractivity contribution in [1.29, 1.82) is 0 Å². The highest BCUT2D eigenvalue weighted by molar-refractivity contribution is 5.22. The van der Waals surface area contributed by atoms with Crippen LogP contribution in [-0.4, -0.2) is 31.6 Å². The second-order valence-electron chi connectivity index (χ2n) is 5.36. The number of rotatable bonds is 8. The van der Waals surface area contributed by atoms with E-state index < -0.39 is 0 Å². The Morgan fingerprint density at radius 2 is 1.78 bits per heavy atom. The molecule has 2 heteroatoms. The third-order valence-corrected chi connectivity index (χ3v) is 3.50. The number of nitrogens with two attached hydrogens (primary N) is 1. The molecule has 0 saturated heterocycles. The predicted molar refractivity (Wildman–Crippen MR) is 79.9 cm³/mol. The molecule has 0 aliphatic rings. The largest absolute Gasteiger partial charge is 0.330 e. The van der Waals surface area contributed by atoms with Crippen LogP contribution in [0.1, 0.15) is 31.4 Å². The first kappa shape index (κ1) is 15.2. The fourth-order valence-electron chi connectivity index (χ4n) is 2.26. The normalized spacial score (nSPS) is 12.9. The van der Waals surface area contributed by atoms with Crippen molar-refractivity contribution in [1.82, 2.24) is 4.90 Å². The van der Waals surface area contributed by atoms with Gasteiger partial charge in [-0.1, -0.05) is 38.1 Å². The number of hydrogen-bond acceptors (Lipinski definition) is 2. The minimum atomic E-state index is 0.697. The Kier molecular flexibility index (Phi) is 6.99. The minimum Gasteiger partial charge on any atom is -0.330 e. The number of likely N-dealkylation sites (N-methyl/N-ethyl adjacent to an activating group) is 1. The van der Waals surface area contributed by atoms with Crippen LogP contribution in [0, 0.1) is 5.92 Å². The van der Waals surface area contributed by atoms with Gasteiger partial charge in [0, 0.05) is 13.1 Å². The SMILES string of the molecule is CCc1ccc(CCN(C)CC(C)CCN)cc1. The van der Waals surface area contributed by atoms with E-state index in [4.69, 9.17) is 5.73 Å². The molecule has 0 spiro atoms. The highest BCUT2D eigenvalue weighted by Crippen LogP contribution is 2.07. The van der Waals surface area contributed by atoms with Gasteiger partial charge in [-0.3, -0.25) is 0 Å². The van der Waals surface area contributed by atoms with Crippen LogP contribution < -0.4 is 5.73 Å². The van der Waals surface area contributed by atoms with E-state index in [-0.39, 0.29) is 0 Å². The lowest BCUT2D eigenvalue weighted by molar-refractivity contribution is 0.283. The van der Waals surface area contributed by atoms with E-state index in [0.717, 1.165) is 38.9 Å². The average molecular weight is 248 g/mol. The molecule has 2 nitrogen and oxygen atoms in total. The Labute approximate surface area is 112 Å². The van der Waals surface area contributed by atoms with Crippen LogP contribution in [0.5, 0.6) is 0 Å². The molecule has 1 aromatic carbocycles. The molecule has 102 valence electrons. The molecule has 0 amide bonds. The van der Waals surface area contributed by atoms with Crippen molar-refractivity contribution in [2.75, 3.05) is 26.7 Å². The zero-order valence-corrected chi connectivity index (χ0v) is 12.2. The molecule has 0 aromatic heterocycles. The van der Waals surface area contributed by atoms with Gasteiger partial charge in [-0.25, -0.2) is 0 Å². The number of hydrogen-bond donors (Lipinski definition) is 1. The van der Waals surface area contributed by atoms with Gasteiger partial charge in [0.2, 0.25) is 0 Å². The number of aryl methyl sites for hydroxylation is 1. The first-order valence-electron chi connectivity index (χ1n) is 7.12. The first-order valence-corrected chi connectivity index (χ1v) is 7.12. The Bertz CT molecular complexity index is 318. The zero-order valence-electron chi connectivity index (χ0n) is 12.2. The molecule has 0 fully saturated rings. The molecule has 1 aromatic rings. The lowest BCUT2D eigenvalue weighted by Gasteiger charge is -2.20. The van der Waals surface area contributed by atoms with E-state index in [1.807, 2.05) is 0 Å². The maximum atomic E-state index is 5.58. The highest BCUT2D eigenvalue weighted by atomic mass is 15.1. The highest BCUT2D eigenvalue weighted by Gasteiger charge is 2.05. The molecule has 2 N–H and O–H groups in total. The van der Waals surface area contributed by atoms with E-state index in [1.165, 1.54) is 11.1 Å². The fraction of sp³-hybridized carbons (Fsp3) is 0.625. The summed E-state index contributed by atoms with van der Waals surface area (Å²) in [6, 6.07) is 9.00. The van der Waals surface area contributed by atoms with Crippen LogP contribution in [-0.2, 0) is 12.8 Å². The van der Waals surface area contributed by atoms with E-state index in [1.54, 1.807) is 0 Å². The summed E-state index contributed by atoms with van der Waals surface area (Å²) in [7, 11) is 2.20. The van der Waals surface area contributed by atoms with Crippen LogP contribution in [0.3, 0.4) is 0 Å². The standard InChI is InChI=1S/C16H28N2/c1-4-15-5-7-16(8-6-15)10-12-18(3)13-14(2)9-11-17/h5-8,14H,4,9-13,17H2,1-3H3. The van der Waals surface area contributed by atoms with Gasteiger partial charge >= 0.3 is 0 Å². The van der Waals surface area contributed by atoms with Gasteiger partial charge in [-0.2, -0.15) is 0 Å². The van der Waals surface area contributed by atoms with Crippen LogP contribution in [0.25, 0.3) is 0 Å². The van der Waals surface area contributed by atoms with E-state index >= 15 is 0 Å². The van der Waals surface area contributed by atoms with Gasteiger partial charge in [0.05, 0.1) is 0 Å². The lowest BCUT2D eigenvalue weighted by Crippen LogP contribution is -2.27. The number of benzene rings is 1. The van der Waals surface area contributed by atoms with Crippen molar-refractivity contribution in [3.05, 3.63) is 35.4 Å². The summed E-state index contributed by atoms with van der Waals surface area (Å²) < 4.78 is 0. The fourth-order valence-corrected chi connectivity index (χ4v) is 2.26. The van der Waals surface area contributed by atoms with Crippen molar-refractivity contribution in [3.8, 4) is 0 Å². The van der Waals surface area contributed by atoms with E-state index in [0.29, 0.717) is 5.92 Å². The summed E-state index contributed by atoms with van der Waals surface area (Å²) in [4.78, 5) is 2.41. The Morgan fingerprint density at radius 3 is 2.33 bits per heavy atom. The summed E-state index contributed by atoms with van der Waals surface area (Å²) in [5.41, 5.74) is 8.43. The maximum absolute atomic E-state index is 5.58. The molecular weight excluding hydrogens is 220 g/mol. The molecule has 0 radical (unpaired) electrons. The molecule has 1 atom stereocenters. The molecule has 0 heterocycles. The Hall–Kier alpha value is -0.860. The summed E-state index contributed by atoms with van der Waals surface area (Å²) in [6.07, 6.45) is 3.38. The molecule has 1 rings (SSSR count). The molecular formula is C16H28N2. The van der Waals surface area contributed by atoms with Gasteiger partial charge < -0.3 is 10.6 Å². The van der Waals surface area contributed by atoms with Gasteiger partial charge in [0.25, 0.3) is 0 Å². The smallest absolute Gasteiger partial charge is 0.00189 e. The second-order valence-corrected chi connectivity index (χ2v) is 5.36. The monoisotopic (exact) mass is 248 g/mol. The van der Waals surface area contributed by atoms with Crippen LogP contribution in [0.2, 0.25) is 0 Å². The molecule has 1 unspecified atom stereocenters. The topological polar surface area (TPSA) is 29.3 Å². The minimum absolute atomic E-state index is 0.697. The maximum Gasteiger partial charge on any atom is 0.00189 e. The van der Waals surface area contributed by atoms with Crippen LogP contribution >= 0.6 is 0 Å². The number of nitrogens with zero attached hydrogens (tertiary/aromatic N) is 1. The quantitative estimate of drug-likeness (QED) is 0.766. The van der Waals surface area contributed by atoms with Gasteiger partial charge in [-0.05, 0) is 49.9 Å². The van der Waals surface area contributed by atoms with Gasteiger partial charge in [0.15, 0.2) is 0 Å². The van der Waals surface area contributed by atoms with E-state index in [9.17, 15) is 0 Å². The Morgan fingerprint density at radius 1 is 1.17 bits per heavy atom. The van der Waals surface area contributed by atoms with Crippen molar-refractivity contribution in [3.63, 3.8) is 0 Å². The lowest BCUT2D eigenvalue weighted by atomic mass is 10.1. The summed E-state index contributed by atoms with van der Waals surface area (Å²) in [6.45, 7) is 7.54. The summed E-state index contributed by atoms with van der Waals surface area (Å²) in [5, 5.41) is 0. The van der Waals surface area contributed by atoms with Crippen molar-refractivity contribution in [2.24, 2.45) is 11.7 Å². The van der Waals surface area contributed by atoms with Crippen molar-refractivity contribution < 1.29 is 0 Å². The molecule has 0 saturated carbocycles. The van der Waals surface area contributed by atoms with Gasteiger partial charge in [0.1, 0.15) is 0 Å². The molecule has 18 heavy (non-hydrogen) atoms. The molecule has 0 aliphatic heterocycles. The third-order valence-electron chi connectivity index (χ3n) is 3.50. The molecule has 0 bridgehead atoms. The van der Waals surface area contributed by atoms with Gasteiger partial charge in [-0.15, -0.1) is 0 Å². The summed E-state index contributed by atoms with van der Waals surface area (Å²) >= 11 is 0. The first-order chi connectivity index (χ1) is 8.65. The second kappa shape index (κ2) is 8.28. The Balaban J connectivity index is 2.30. The summed E-state index contributed by atoms with van der Waals surface area (Å²) in [5.74, 6) is 0.697. The zero-order chi connectivity index (χ0) is 13.4. The van der Waals surface area contributed by atoms with Crippen LogP contribution in [0.15, 0.2) is 24.3 Å². The average Bonchev–Trinajstić information content (AvgIpc) is 2.37. The van der Waals surface area contributed by atoms with E-state index in [2.05, 4.69) is 50.1 Å². The van der Waals surface area contributed by atoms with Crippen molar-refractivity contribution in [2.45, 2.75) is 33.1 Å². The third kappa shape index (κ3) is 5.65. The van der Waals surface area contributed by atoms with Crippen LogP contribution in [0.4, 0.5) is 0 Å². The predicted octanol–water partition coefficient (Wildman–Crippen LogP) is 2.71. The van der Waals surface area contributed by atoms with Crippen molar-refractivity contribution >= 4 is 0 Å².